The van der Waals surface area contributed by atoms with E-state index in [1.54, 1.807) is 18.2 Å². The number of aromatic nitrogens is 2. The summed E-state index contributed by atoms with van der Waals surface area (Å²) in [7, 11) is 0. The van der Waals surface area contributed by atoms with Crippen molar-refractivity contribution in [1.29, 1.82) is 0 Å². The third kappa shape index (κ3) is 4.20. The maximum Gasteiger partial charge on any atom is 0.305 e. The largest absolute Gasteiger partial charge is 0.481 e. The van der Waals surface area contributed by atoms with Crippen LogP contribution in [0.4, 0.5) is 8.78 Å². The SMILES string of the molecule is Cc1cccc([C@H](CC(=O)O)NC(=O)c2noc(-c3cccc(F)c3F)n2)c1. The van der Waals surface area contributed by atoms with Gasteiger partial charge in [0.2, 0.25) is 0 Å². The van der Waals surface area contributed by atoms with E-state index in [-0.39, 0.29) is 17.9 Å². The van der Waals surface area contributed by atoms with Gasteiger partial charge in [-0.25, -0.2) is 8.78 Å². The van der Waals surface area contributed by atoms with Crippen molar-refractivity contribution < 1.29 is 28.0 Å². The number of carbonyl (C=O) groups is 2. The zero-order valence-electron chi connectivity index (χ0n) is 14.6. The van der Waals surface area contributed by atoms with Gasteiger partial charge in [-0.3, -0.25) is 9.59 Å². The molecule has 0 aliphatic heterocycles. The molecule has 2 N–H and O–H groups in total. The normalized spacial score (nSPS) is 11.8. The zero-order valence-corrected chi connectivity index (χ0v) is 14.6. The van der Waals surface area contributed by atoms with E-state index in [1.165, 1.54) is 12.1 Å². The topological polar surface area (TPSA) is 105 Å². The Morgan fingerprint density at radius 3 is 2.68 bits per heavy atom. The van der Waals surface area contributed by atoms with Gasteiger partial charge in [0.15, 0.2) is 11.6 Å². The summed E-state index contributed by atoms with van der Waals surface area (Å²) in [5, 5.41) is 15.1. The molecule has 0 radical (unpaired) electrons. The molecule has 0 aliphatic carbocycles. The van der Waals surface area contributed by atoms with E-state index in [0.29, 0.717) is 5.56 Å². The second-order valence-electron chi connectivity index (χ2n) is 6.06. The Kier molecular flexibility index (Phi) is 5.44. The van der Waals surface area contributed by atoms with Gasteiger partial charge in [0.1, 0.15) is 0 Å². The van der Waals surface area contributed by atoms with Crippen LogP contribution in [0.2, 0.25) is 0 Å². The molecule has 0 bridgehead atoms. The Labute approximate surface area is 158 Å². The molecule has 0 unspecified atom stereocenters. The molecule has 0 saturated heterocycles. The molecule has 144 valence electrons. The predicted molar refractivity (Wildman–Crippen MR) is 93.3 cm³/mol. The molecular formula is C19H15F2N3O4. The number of nitrogens with one attached hydrogen (secondary N) is 1. The van der Waals surface area contributed by atoms with Crippen molar-refractivity contribution in [3.05, 3.63) is 71.1 Å². The molecule has 9 heteroatoms. The summed E-state index contributed by atoms with van der Waals surface area (Å²) < 4.78 is 32.0. The Balaban J connectivity index is 1.84. The molecule has 1 atom stereocenters. The van der Waals surface area contributed by atoms with E-state index in [0.717, 1.165) is 11.6 Å². The van der Waals surface area contributed by atoms with Crippen LogP contribution in [0.15, 0.2) is 47.0 Å². The van der Waals surface area contributed by atoms with Gasteiger partial charge in [-0.1, -0.05) is 41.1 Å². The van der Waals surface area contributed by atoms with Gasteiger partial charge in [0, 0.05) is 0 Å². The van der Waals surface area contributed by atoms with E-state index in [1.807, 2.05) is 13.0 Å². The second kappa shape index (κ2) is 7.95. The van der Waals surface area contributed by atoms with Crippen molar-refractivity contribution in [2.45, 2.75) is 19.4 Å². The summed E-state index contributed by atoms with van der Waals surface area (Å²) in [5.74, 6) is -4.99. The maximum atomic E-state index is 13.8. The van der Waals surface area contributed by atoms with Crippen LogP contribution < -0.4 is 5.32 Å². The minimum absolute atomic E-state index is 0.285. The van der Waals surface area contributed by atoms with E-state index < -0.39 is 35.4 Å². The Hall–Kier alpha value is -3.62. The van der Waals surface area contributed by atoms with Gasteiger partial charge < -0.3 is 14.9 Å². The van der Waals surface area contributed by atoms with Gasteiger partial charge in [-0.05, 0) is 24.6 Å². The third-order valence-electron chi connectivity index (χ3n) is 3.94. The predicted octanol–water partition coefficient (Wildman–Crippen LogP) is 3.27. The molecule has 3 rings (SSSR count). The lowest BCUT2D eigenvalue weighted by Crippen LogP contribution is -2.31. The highest BCUT2D eigenvalue weighted by molar-refractivity contribution is 5.91. The standard InChI is InChI=1S/C19H15F2N3O4/c1-10-4-2-5-11(8-10)14(9-15(25)26)22-18(27)17-23-19(28-24-17)12-6-3-7-13(20)16(12)21/h2-8,14H,9H2,1H3,(H,22,27)(H,25,26)/t14-/m0/s1. The highest BCUT2D eigenvalue weighted by Gasteiger charge is 2.24. The molecule has 1 heterocycles. The lowest BCUT2D eigenvalue weighted by atomic mass is 10.0. The highest BCUT2D eigenvalue weighted by Crippen LogP contribution is 2.23. The minimum atomic E-state index is -1.18. The van der Waals surface area contributed by atoms with Crippen molar-refractivity contribution in [3.63, 3.8) is 0 Å². The van der Waals surface area contributed by atoms with Crippen molar-refractivity contribution in [2.24, 2.45) is 0 Å². The summed E-state index contributed by atoms with van der Waals surface area (Å²) in [6.07, 6.45) is -0.363. The van der Waals surface area contributed by atoms with Gasteiger partial charge in [0.05, 0.1) is 18.0 Å². The summed E-state index contributed by atoms with van der Waals surface area (Å²) in [4.78, 5) is 27.4. The molecule has 7 nitrogen and oxygen atoms in total. The van der Waals surface area contributed by atoms with Gasteiger partial charge in [-0.2, -0.15) is 4.98 Å². The summed E-state index contributed by atoms with van der Waals surface area (Å²) in [6.45, 7) is 1.84. The van der Waals surface area contributed by atoms with Crippen LogP contribution in [-0.2, 0) is 4.79 Å². The number of aryl methyl sites for hydroxylation is 1. The Morgan fingerprint density at radius 1 is 1.21 bits per heavy atom. The summed E-state index contributed by atoms with van der Waals surface area (Å²) >= 11 is 0. The number of carbonyl (C=O) groups excluding carboxylic acids is 1. The van der Waals surface area contributed by atoms with Crippen LogP contribution >= 0.6 is 0 Å². The quantitative estimate of drug-likeness (QED) is 0.673. The van der Waals surface area contributed by atoms with E-state index >= 15 is 0 Å². The number of hydrogen-bond donors (Lipinski definition) is 2. The number of carboxylic acids is 1. The lowest BCUT2D eigenvalue weighted by molar-refractivity contribution is -0.137. The van der Waals surface area contributed by atoms with Gasteiger partial charge >= 0.3 is 5.97 Å². The first-order valence-corrected chi connectivity index (χ1v) is 8.22. The average Bonchev–Trinajstić information content (AvgIpc) is 3.13. The van der Waals surface area contributed by atoms with Crippen LogP contribution in [0.5, 0.6) is 0 Å². The van der Waals surface area contributed by atoms with Gasteiger partial charge in [0.25, 0.3) is 17.6 Å². The van der Waals surface area contributed by atoms with Crippen molar-refractivity contribution >= 4 is 11.9 Å². The number of carboxylic acid groups (broad SMARTS) is 1. The second-order valence-corrected chi connectivity index (χ2v) is 6.06. The monoisotopic (exact) mass is 387 g/mol. The number of rotatable bonds is 6. The molecule has 0 fully saturated rings. The fraction of sp³-hybridized carbons (Fsp3) is 0.158. The molecule has 28 heavy (non-hydrogen) atoms. The van der Waals surface area contributed by atoms with Gasteiger partial charge in [-0.15, -0.1) is 0 Å². The van der Waals surface area contributed by atoms with Crippen LogP contribution in [0.1, 0.15) is 34.2 Å². The van der Waals surface area contributed by atoms with Crippen molar-refractivity contribution in [1.82, 2.24) is 15.5 Å². The van der Waals surface area contributed by atoms with E-state index in [4.69, 9.17) is 9.63 Å². The van der Waals surface area contributed by atoms with Crippen LogP contribution in [-0.4, -0.2) is 27.1 Å². The third-order valence-corrected chi connectivity index (χ3v) is 3.94. The molecular weight excluding hydrogens is 372 g/mol. The smallest absolute Gasteiger partial charge is 0.305 e. The highest BCUT2D eigenvalue weighted by atomic mass is 19.2. The first-order chi connectivity index (χ1) is 13.3. The minimum Gasteiger partial charge on any atom is -0.481 e. The van der Waals surface area contributed by atoms with Crippen LogP contribution in [0.3, 0.4) is 0 Å². The molecule has 3 aromatic rings. The first-order valence-electron chi connectivity index (χ1n) is 8.22. The zero-order chi connectivity index (χ0) is 20.3. The summed E-state index contributed by atoms with van der Waals surface area (Å²) in [6, 6.07) is 9.60. The number of amides is 1. The number of aliphatic carboxylic acids is 1. The number of hydrogen-bond acceptors (Lipinski definition) is 5. The molecule has 2 aromatic carbocycles. The number of halogens is 2. The molecule has 1 amide bonds. The van der Waals surface area contributed by atoms with Crippen molar-refractivity contribution in [3.8, 4) is 11.5 Å². The summed E-state index contributed by atoms with van der Waals surface area (Å²) in [5.41, 5.74) is 1.20. The maximum absolute atomic E-state index is 13.8. The van der Waals surface area contributed by atoms with Crippen LogP contribution in [0.25, 0.3) is 11.5 Å². The van der Waals surface area contributed by atoms with E-state index in [9.17, 15) is 18.4 Å². The lowest BCUT2D eigenvalue weighted by Gasteiger charge is -2.16. The fourth-order valence-electron chi connectivity index (χ4n) is 2.63. The number of nitrogens with zero attached hydrogens (tertiary/aromatic N) is 2. The van der Waals surface area contributed by atoms with Crippen molar-refractivity contribution in [2.75, 3.05) is 0 Å². The Bertz CT molecular complexity index is 1040. The fourth-order valence-corrected chi connectivity index (χ4v) is 2.63. The molecule has 1 aromatic heterocycles. The van der Waals surface area contributed by atoms with Crippen LogP contribution in [0, 0.1) is 18.6 Å². The Morgan fingerprint density at radius 2 is 1.96 bits per heavy atom. The molecule has 0 saturated carbocycles. The molecule has 0 spiro atoms. The average molecular weight is 387 g/mol. The first kappa shape index (κ1) is 19.2. The van der Waals surface area contributed by atoms with E-state index in [2.05, 4.69) is 15.5 Å². The number of benzene rings is 2. The molecule has 0 aliphatic rings.